The topological polar surface area (TPSA) is 125 Å². The Bertz CT molecular complexity index is 1560. The molecule has 2 atom stereocenters. The van der Waals surface area contributed by atoms with Crippen molar-refractivity contribution < 1.29 is 41.0 Å². The molecule has 0 spiro atoms. The number of halogens is 3. The first kappa shape index (κ1) is 33.0. The molecule has 1 aliphatic rings. The Labute approximate surface area is 254 Å². The summed E-state index contributed by atoms with van der Waals surface area (Å²) in [4.78, 5) is 24.6. The van der Waals surface area contributed by atoms with Crippen LogP contribution in [0.25, 0.3) is 0 Å². The molecule has 0 aliphatic carbocycles. The third-order valence-electron chi connectivity index (χ3n) is 7.40. The molecular weight excluding hydrogens is 599 g/mol. The first-order chi connectivity index (χ1) is 20.7. The van der Waals surface area contributed by atoms with Gasteiger partial charge in [-0.3, -0.25) is 4.79 Å². The van der Waals surface area contributed by atoms with Gasteiger partial charge in [0.15, 0.2) is 0 Å². The normalized spacial score (nSPS) is 17.8. The summed E-state index contributed by atoms with van der Waals surface area (Å²) in [5, 5.41) is 15.4. The Morgan fingerprint density at radius 1 is 1.00 bits per heavy atom. The lowest BCUT2D eigenvalue weighted by atomic mass is 9.98. The number of ether oxygens (including phenoxy) is 1. The molecule has 1 heterocycles. The van der Waals surface area contributed by atoms with Crippen LogP contribution >= 0.6 is 0 Å². The maximum absolute atomic E-state index is 13.7. The van der Waals surface area contributed by atoms with Crippen LogP contribution in [0.5, 0.6) is 5.75 Å². The van der Waals surface area contributed by atoms with Gasteiger partial charge in [-0.05, 0) is 71.8 Å². The molecular formula is C31H34F3N3O6S. The number of piperidine rings is 1. The summed E-state index contributed by atoms with van der Waals surface area (Å²) < 4.78 is 70.1. The van der Waals surface area contributed by atoms with Crippen LogP contribution in [0, 0.1) is 0 Å². The third-order valence-corrected chi connectivity index (χ3v) is 9.32. The van der Waals surface area contributed by atoms with Crippen molar-refractivity contribution in [1.29, 1.82) is 0 Å². The van der Waals surface area contributed by atoms with Gasteiger partial charge in [0.2, 0.25) is 15.9 Å². The summed E-state index contributed by atoms with van der Waals surface area (Å²) in [6.07, 6.45) is -4.47. The van der Waals surface area contributed by atoms with Gasteiger partial charge in [0.05, 0.1) is 10.5 Å². The van der Waals surface area contributed by atoms with E-state index in [0.717, 1.165) is 39.7 Å². The highest BCUT2D eigenvalue weighted by Gasteiger charge is 2.41. The van der Waals surface area contributed by atoms with E-state index in [4.69, 9.17) is 0 Å². The lowest BCUT2D eigenvalue weighted by Crippen LogP contribution is -2.56. The van der Waals surface area contributed by atoms with Gasteiger partial charge >= 0.3 is 12.3 Å². The Balaban J connectivity index is 1.52. The standard InChI is InChI=1S/C31H34F3N3O6S/c1-20(2)23-8-6-21(7-9-23)18-36-29(38)28-17-25(35-19-22-4-3-5-24(16-22)30(39)40)14-15-37(28)44(41,42)27-12-10-26(11-13-27)43-31(32,33)34/h3-13,16,20,25,28,35H,14-15,17-19H2,1-2H3,(H,36,38)(H,39,40)/t25-,28-/m1/s1. The molecule has 1 amide bonds. The molecule has 0 aromatic heterocycles. The van der Waals surface area contributed by atoms with Gasteiger partial charge in [0.1, 0.15) is 11.8 Å². The molecule has 3 aromatic rings. The number of carboxylic acids is 1. The summed E-state index contributed by atoms with van der Waals surface area (Å²) >= 11 is 0. The molecule has 44 heavy (non-hydrogen) atoms. The summed E-state index contributed by atoms with van der Waals surface area (Å²) in [5.74, 6) is -1.80. The number of carbonyl (C=O) groups excluding carboxylic acids is 1. The molecule has 0 saturated carbocycles. The number of carboxylic acid groups (broad SMARTS) is 1. The van der Waals surface area contributed by atoms with Gasteiger partial charge in [-0.25, -0.2) is 13.2 Å². The van der Waals surface area contributed by atoms with E-state index in [1.54, 1.807) is 12.1 Å². The zero-order chi connectivity index (χ0) is 32.1. The van der Waals surface area contributed by atoms with Crippen LogP contribution in [-0.4, -0.2) is 54.7 Å². The largest absolute Gasteiger partial charge is 0.573 e. The second kappa shape index (κ2) is 13.8. The first-order valence-corrected chi connectivity index (χ1v) is 15.5. The Morgan fingerprint density at radius 2 is 1.68 bits per heavy atom. The van der Waals surface area contributed by atoms with Crippen molar-refractivity contribution in [2.75, 3.05) is 6.54 Å². The number of aromatic carboxylic acids is 1. The molecule has 1 aliphatic heterocycles. The van der Waals surface area contributed by atoms with E-state index in [1.807, 2.05) is 24.3 Å². The van der Waals surface area contributed by atoms with E-state index in [-0.39, 0.29) is 36.0 Å². The summed E-state index contributed by atoms with van der Waals surface area (Å²) in [5.41, 5.74) is 2.82. The van der Waals surface area contributed by atoms with Crippen LogP contribution in [0.2, 0.25) is 0 Å². The second-order valence-corrected chi connectivity index (χ2v) is 12.8. The highest BCUT2D eigenvalue weighted by molar-refractivity contribution is 7.89. The minimum absolute atomic E-state index is 0.0306. The molecule has 236 valence electrons. The van der Waals surface area contributed by atoms with Crippen molar-refractivity contribution in [3.8, 4) is 5.75 Å². The summed E-state index contributed by atoms with van der Waals surface area (Å²) in [6, 6.07) is 16.6. The number of nitrogens with one attached hydrogen (secondary N) is 2. The van der Waals surface area contributed by atoms with Crippen molar-refractivity contribution in [3.63, 3.8) is 0 Å². The zero-order valence-corrected chi connectivity index (χ0v) is 25.0. The Hall–Kier alpha value is -3.94. The van der Waals surface area contributed by atoms with Gasteiger partial charge in [0.25, 0.3) is 0 Å². The molecule has 0 radical (unpaired) electrons. The smallest absolute Gasteiger partial charge is 0.478 e. The maximum Gasteiger partial charge on any atom is 0.573 e. The Morgan fingerprint density at radius 3 is 2.30 bits per heavy atom. The fourth-order valence-electron chi connectivity index (χ4n) is 5.01. The predicted molar refractivity (Wildman–Crippen MR) is 156 cm³/mol. The van der Waals surface area contributed by atoms with Crippen LogP contribution in [0.4, 0.5) is 13.2 Å². The van der Waals surface area contributed by atoms with Gasteiger partial charge in [-0.15, -0.1) is 13.2 Å². The molecule has 0 unspecified atom stereocenters. The van der Waals surface area contributed by atoms with E-state index < -0.39 is 40.1 Å². The number of alkyl halides is 3. The average Bonchev–Trinajstić information content (AvgIpc) is 2.98. The first-order valence-electron chi connectivity index (χ1n) is 14.0. The minimum atomic E-state index is -4.93. The number of carbonyl (C=O) groups is 2. The van der Waals surface area contributed by atoms with E-state index >= 15 is 0 Å². The number of sulfonamides is 1. The molecule has 3 aromatic carbocycles. The molecule has 13 heteroatoms. The van der Waals surface area contributed by atoms with Crippen molar-refractivity contribution >= 4 is 21.9 Å². The van der Waals surface area contributed by atoms with E-state index in [9.17, 15) is 36.3 Å². The number of benzene rings is 3. The van der Waals surface area contributed by atoms with Gasteiger partial charge in [0, 0.05) is 25.7 Å². The number of hydrogen-bond donors (Lipinski definition) is 3. The van der Waals surface area contributed by atoms with Crippen molar-refractivity contribution in [1.82, 2.24) is 14.9 Å². The average molecular weight is 634 g/mol. The van der Waals surface area contributed by atoms with Crippen LogP contribution in [-0.2, 0) is 27.9 Å². The molecule has 4 rings (SSSR count). The van der Waals surface area contributed by atoms with Crippen LogP contribution in [0.15, 0.2) is 77.7 Å². The fraction of sp³-hybridized carbons (Fsp3) is 0.355. The van der Waals surface area contributed by atoms with Crippen molar-refractivity contribution in [2.24, 2.45) is 0 Å². The number of nitrogens with zero attached hydrogens (tertiary/aromatic N) is 1. The van der Waals surface area contributed by atoms with E-state index in [0.29, 0.717) is 24.4 Å². The molecule has 0 bridgehead atoms. The highest BCUT2D eigenvalue weighted by Crippen LogP contribution is 2.29. The van der Waals surface area contributed by atoms with Gasteiger partial charge < -0.3 is 20.5 Å². The van der Waals surface area contributed by atoms with E-state index in [1.165, 1.54) is 12.1 Å². The summed E-state index contributed by atoms with van der Waals surface area (Å²) in [6.45, 7) is 4.58. The predicted octanol–water partition coefficient (Wildman–Crippen LogP) is 5.03. The number of hydrogen-bond acceptors (Lipinski definition) is 6. The molecule has 3 N–H and O–H groups in total. The van der Waals surface area contributed by atoms with Gasteiger partial charge in [-0.2, -0.15) is 4.31 Å². The zero-order valence-electron chi connectivity index (χ0n) is 24.2. The van der Waals surface area contributed by atoms with Gasteiger partial charge in [-0.1, -0.05) is 50.2 Å². The number of amides is 1. The molecule has 1 fully saturated rings. The lowest BCUT2D eigenvalue weighted by Gasteiger charge is -2.38. The van der Waals surface area contributed by atoms with Crippen LogP contribution in [0.3, 0.4) is 0 Å². The molecule has 9 nitrogen and oxygen atoms in total. The lowest BCUT2D eigenvalue weighted by molar-refractivity contribution is -0.274. The second-order valence-electron chi connectivity index (χ2n) is 10.9. The van der Waals surface area contributed by atoms with Crippen molar-refractivity contribution in [3.05, 3.63) is 95.1 Å². The fourth-order valence-corrected chi connectivity index (χ4v) is 6.62. The SMILES string of the molecule is CC(C)c1ccc(CNC(=O)[C@H]2C[C@H](NCc3cccc(C(=O)O)c3)CCN2S(=O)(=O)c2ccc(OC(F)(F)F)cc2)cc1. The van der Waals surface area contributed by atoms with E-state index in [2.05, 4.69) is 29.2 Å². The maximum atomic E-state index is 13.7. The quantitative estimate of drug-likeness (QED) is 0.270. The highest BCUT2D eigenvalue weighted by atomic mass is 32.2. The minimum Gasteiger partial charge on any atom is -0.478 e. The van der Waals surface area contributed by atoms with Crippen LogP contribution < -0.4 is 15.4 Å². The Kier molecular flexibility index (Phi) is 10.3. The van der Waals surface area contributed by atoms with Crippen LogP contribution in [0.1, 0.15) is 59.7 Å². The summed E-state index contributed by atoms with van der Waals surface area (Å²) in [7, 11) is -4.28. The molecule has 1 saturated heterocycles. The number of rotatable bonds is 11. The third kappa shape index (κ3) is 8.58. The van der Waals surface area contributed by atoms with Crippen molar-refractivity contribution in [2.45, 2.75) is 69.0 Å². The monoisotopic (exact) mass is 633 g/mol.